The molecule has 0 radical (unpaired) electrons. The van der Waals surface area contributed by atoms with Crippen molar-refractivity contribution in [1.82, 2.24) is 19.4 Å². The van der Waals surface area contributed by atoms with Crippen molar-refractivity contribution in [3.05, 3.63) is 0 Å². The topological polar surface area (TPSA) is 73.0 Å². The fourth-order valence-corrected chi connectivity index (χ4v) is 4.14. The smallest absolute Gasteiger partial charge is 0.219 e. The van der Waals surface area contributed by atoms with Crippen LogP contribution in [0.1, 0.15) is 20.3 Å². The average Bonchev–Trinajstić information content (AvgIpc) is 2.66. The van der Waals surface area contributed by atoms with Gasteiger partial charge in [0.25, 0.3) is 0 Å². The largest absolute Gasteiger partial charge is 0.342 e. The van der Waals surface area contributed by atoms with Gasteiger partial charge in [0.15, 0.2) is 0 Å². The maximum Gasteiger partial charge on any atom is 0.219 e. The third-order valence-electron chi connectivity index (χ3n) is 4.89. The Morgan fingerprint density at radius 3 is 2.57 bits per heavy atom. The first-order valence-corrected chi connectivity index (χ1v) is 10.3. The summed E-state index contributed by atoms with van der Waals surface area (Å²) in [5, 5.41) is 0. The molecule has 2 aliphatic rings. The highest BCUT2D eigenvalue weighted by Crippen LogP contribution is 2.22. The van der Waals surface area contributed by atoms with Crippen LogP contribution in [0.15, 0.2) is 0 Å². The molecule has 0 spiro atoms. The van der Waals surface area contributed by atoms with E-state index in [-0.39, 0.29) is 5.91 Å². The number of sulfonamides is 1. The van der Waals surface area contributed by atoms with Gasteiger partial charge in [0, 0.05) is 65.3 Å². The van der Waals surface area contributed by atoms with Crippen molar-refractivity contribution in [2.24, 2.45) is 5.92 Å². The molecule has 2 saturated heterocycles. The lowest BCUT2D eigenvalue weighted by Crippen LogP contribution is -2.43. The van der Waals surface area contributed by atoms with Crippen molar-refractivity contribution < 1.29 is 13.2 Å². The van der Waals surface area contributed by atoms with Gasteiger partial charge < -0.3 is 9.80 Å². The Bertz CT molecular complexity index is 511. The Hall–Kier alpha value is -0.700. The van der Waals surface area contributed by atoms with Gasteiger partial charge in [-0.15, -0.1) is 0 Å². The molecular formula is C15H30N4O3S. The molecule has 0 aliphatic carbocycles. The van der Waals surface area contributed by atoms with E-state index in [4.69, 9.17) is 0 Å². The van der Waals surface area contributed by atoms with Crippen molar-refractivity contribution in [2.45, 2.75) is 26.3 Å². The van der Waals surface area contributed by atoms with Crippen LogP contribution >= 0.6 is 0 Å². The second-order valence-corrected chi connectivity index (χ2v) is 8.70. The number of nitrogens with zero attached hydrogens (tertiary/aromatic N) is 3. The Balaban J connectivity index is 1.82. The normalized spacial score (nSPS) is 28.0. The number of nitrogens with one attached hydrogen (secondary N) is 1. The maximum absolute atomic E-state index is 11.5. The summed E-state index contributed by atoms with van der Waals surface area (Å²) in [6, 6.07) is 0.500. The maximum atomic E-state index is 11.5. The monoisotopic (exact) mass is 346 g/mol. The SMILES string of the molecule is CC(=O)N1CCCN([C@@H]2CN(CCNS(C)(=O)=O)C[C@H]2C)CC1. The number of carbonyl (C=O) groups excluding carboxylic acids is 1. The second kappa shape index (κ2) is 7.92. The minimum absolute atomic E-state index is 0.166. The molecule has 0 unspecified atom stereocenters. The van der Waals surface area contributed by atoms with Crippen molar-refractivity contribution >= 4 is 15.9 Å². The van der Waals surface area contributed by atoms with Gasteiger partial charge in [0.05, 0.1) is 6.26 Å². The van der Waals surface area contributed by atoms with E-state index in [2.05, 4.69) is 21.4 Å². The fraction of sp³-hybridized carbons (Fsp3) is 0.933. The summed E-state index contributed by atoms with van der Waals surface area (Å²) in [5.74, 6) is 0.733. The van der Waals surface area contributed by atoms with E-state index in [1.807, 2.05) is 4.90 Å². The summed E-state index contributed by atoms with van der Waals surface area (Å²) in [6.45, 7) is 10.8. The van der Waals surface area contributed by atoms with Crippen LogP contribution in [0.25, 0.3) is 0 Å². The minimum Gasteiger partial charge on any atom is -0.342 e. The van der Waals surface area contributed by atoms with Crippen LogP contribution in [0.2, 0.25) is 0 Å². The number of hydrogen-bond acceptors (Lipinski definition) is 5. The molecular weight excluding hydrogens is 316 g/mol. The highest BCUT2D eigenvalue weighted by atomic mass is 32.2. The van der Waals surface area contributed by atoms with E-state index >= 15 is 0 Å². The van der Waals surface area contributed by atoms with Gasteiger partial charge in [-0.05, 0) is 12.3 Å². The third kappa shape index (κ3) is 5.70. The minimum atomic E-state index is -3.11. The molecule has 23 heavy (non-hydrogen) atoms. The van der Waals surface area contributed by atoms with Gasteiger partial charge in [-0.3, -0.25) is 9.69 Å². The van der Waals surface area contributed by atoms with E-state index < -0.39 is 10.0 Å². The lowest BCUT2D eigenvalue weighted by molar-refractivity contribution is -0.128. The summed E-state index contributed by atoms with van der Waals surface area (Å²) in [6.07, 6.45) is 2.22. The highest BCUT2D eigenvalue weighted by Gasteiger charge is 2.34. The van der Waals surface area contributed by atoms with Crippen molar-refractivity contribution in [2.75, 3.05) is 58.6 Å². The molecule has 2 atom stereocenters. The Labute approximate surface area is 140 Å². The molecule has 0 saturated carbocycles. The molecule has 2 aliphatic heterocycles. The van der Waals surface area contributed by atoms with Crippen molar-refractivity contribution in [1.29, 1.82) is 0 Å². The summed E-state index contributed by atoms with van der Waals surface area (Å²) >= 11 is 0. The molecule has 0 aromatic rings. The summed E-state index contributed by atoms with van der Waals surface area (Å²) in [4.78, 5) is 18.3. The molecule has 1 N–H and O–H groups in total. The lowest BCUT2D eigenvalue weighted by atomic mass is 10.0. The van der Waals surface area contributed by atoms with Gasteiger partial charge in [-0.25, -0.2) is 13.1 Å². The first-order chi connectivity index (χ1) is 10.8. The van der Waals surface area contributed by atoms with E-state index in [1.165, 1.54) is 6.26 Å². The molecule has 7 nitrogen and oxygen atoms in total. The van der Waals surface area contributed by atoms with Crippen LogP contribution < -0.4 is 4.72 Å². The number of likely N-dealkylation sites (tertiary alicyclic amines) is 1. The van der Waals surface area contributed by atoms with Crippen LogP contribution in [0.5, 0.6) is 0 Å². The highest BCUT2D eigenvalue weighted by molar-refractivity contribution is 7.88. The van der Waals surface area contributed by atoms with E-state index in [1.54, 1.807) is 6.92 Å². The number of rotatable bonds is 5. The van der Waals surface area contributed by atoms with Crippen LogP contribution in [0.3, 0.4) is 0 Å². The number of amides is 1. The molecule has 2 heterocycles. The molecule has 1 amide bonds. The Morgan fingerprint density at radius 2 is 1.91 bits per heavy atom. The van der Waals surface area contributed by atoms with Gasteiger partial charge in [0.1, 0.15) is 0 Å². The predicted molar refractivity (Wildman–Crippen MR) is 90.7 cm³/mol. The summed E-state index contributed by atoms with van der Waals surface area (Å²) < 4.78 is 24.8. The standard InChI is InChI=1S/C15H30N4O3S/c1-13-11-17(8-5-16-23(3,21)22)12-15(13)19-7-4-6-18(9-10-19)14(2)20/h13,15-16H,4-12H2,1-3H3/t13-,15-/m1/s1. The van der Waals surface area contributed by atoms with E-state index in [0.29, 0.717) is 18.5 Å². The van der Waals surface area contributed by atoms with Crippen LogP contribution in [0.4, 0.5) is 0 Å². The third-order valence-corrected chi connectivity index (χ3v) is 5.61. The van der Waals surface area contributed by atoms with Gasteiger partial charge in [-0.2, -0.15) is 0 Å². The van der Waals surface area contributed by atoms with Gasteiger partial charge >= 0.3 is 0 Å². The quantitative estimate of drug-likeness (QED) is 0.720. The van der Waals surface area contributed by atoms with E-state index in [9.17, 15) is 13.2 Å². The number of carbonyl (C=O) groups is 1. The molecule has 2 fully saturated rings. The summed E-state index contributed by atoms with van der Waals surface area (Å²) in [5.41, 5.74) is 0. The summed E-state index contributed by atoms with van der Waals surface area (Å²) in [7, 11) is -3.11. The average molecular weight is 346 g/mol. The Kier molecular flexibility index (Phi) is 6.41. The first kappa shape index (κ1) is 18.6. The molecule has 0 bridgehead atoms. The van der Waals surface area contributed by atoms with Gasteiger partial charge in [0.2, 0.25) is 15.9 Å². The zero-order valence-electron chi connectivity index (χ0n) is 14.5. The second-order valence-electron chi connectivity index (χ2n) is 6.87. The molecule has 2 rings (SSSR count). The van der Waals surface area contributed by atoms with Crippen molar-refractivity contribution in [3.63, 3.8) is 0 Å². The molecule has 0 aromatic carbocycles. The van der Waals surface area contributed by atoms with Gasteiger partial charge in [-0.1, -0.05) is 6.92 Å². The molecule has 8 heteroatoms. The van der Waals surface area contributed by atoms with Crippen LogP contribution in [0, 0.1) is 5.92 Å². The zero-order valence-corrected chi connectivity index (χ0v) is 15.3. The zero-order chi connectivity index (χ0) is 17.0. The first-order valence-electron chi connectivity index (χ1n) is 8.43. The molecule has 0 aromatic heterocycles. The van der Waals surface area contributed by atoms with Crippen LogP contribution in [-0.4, -0.2) is 93.7 Å². The van der Waals surface area contributed by atoms with Crippen LogP contribution in [-0.2, 0) is 14.8 Å². The van der Waals surface area contributed by atoms with Crippen molar-refractivity contribution in [3.8, 4) is 0 Å². The fourth-order valence-electron chi connectivity index (χ4n) is 3.68. The predicted octanol–water partition coefficient (Wildman–Crippen LogP) is -0.590. The number of hydrogen-bond donors (Lipinski definition) is 1. The Morgan fingerprint density at radius 1 is 1.17 bits per heavy atom. The lowest BCUT2D eigenvalue weighted by Gasteiger charge is -2.30. The van der Waals surface area contributed by atoms with E-state index in [0.717, 1.165) is 52.2 Å². The molecule has 134 valence electrons.